The Morgan fingerprint density at radius 1 is 1.16 bits per heavy atom. The van der Waals surface area contributed by atoms with Gasteiger partial charge in [0.2, 0.25) is 0 Å². The number of halogens is 1. The second kappa shape index (κ2) is 10.4. The molecule has 0 amide bonds. The lowest BCUT2D eigenvalue weighted by molar-refractivity contribution is 0.395. The number of methoxy groups -OCH3 is 2. The third-order valence-corrected chi connectivity index (χ3v) is 4.86. The summed E-state index contributed by atoms with van der Waals surface area (Å²) in [5.74, 6) is 3.28. The summed E-state index contributed by atoms with van der Waals surface area (Å²) in [7, 11) is 3.23. The van der Waals surface area contributed by atoms with Gasteiger partial charge in [-0.15, -0.1) is 0 Å². The van der Waals surface area contributed by atoms with Gasteiger partial charge in [0.25, 0.3) is 0 Å². The molecule has 2 aromatic rings. The van der Waals surface area contributed by atoms with E-state index in [0.717, 1.165) is 34.5 Å². The second-order valence-electron chi connectivity index (χ2n) is 5.13. The van der Waals surface area contributed by atoms with Crippen LogP contribution in [0.1, 0.15) is 5.56 Å². The number of thioether (sulfide) groups is 1. The predicted molar refractivity (Wildman–Crippen MR) is 111 cm³/mol. The molecule has 0 fully saturated rings. The van der Waals surface area contributed by atoms with Crippen molar-refractivity contribution in [3.63, 3.8) is 0 Å². The average molecular weight is 397 g/mol. The molecule has 0 aliphatic rings. The molecule has 2 rings (SSSR count). The summed E-state index contributed by atoms with van der Waals surface area (Å²) in [6.45, 7) is 0.773. The van der Waals surface area contributed by atoms with Crippen molar-refractivity contribution in [3.8, 4) is 11.5 Å². The topological polar surface area (TPSA) is 42.5 Å². The van der Waals surface area contributed by atoms with Gasteiger partial charge in [-0.1, -0.05) is 23.7 Å². The van der Waals surface area contributed by atoms with Crippen LogP contribution in [0.2, 0.25) is 5.02 Å². The normalized spacial score (nSPS) is 10.2. The van der Waals surface area contributed by atoms with Gasteiger partial charge in [0.1, 0.15) is 11.5 Å². The maximum Gasteiger partial charge on any atom is 0.170 e. The smallest absolute Gasteiger partial charge is 0.170 e. The Morgan fingerprint density at radius 2 is 2.00 bits per heavy atom. The summed E-state index contributed by atoms with van der Waals surface area (Å²) in [5, 5.41) is 7.67. The highest BCUT2D eigenvalue weighted by Gasteiger charge is 2.06. The monoisotopic (exact) mass is 396 g/mol. The quantitative estimate of drug-likeness (QED) is 0.503. The molecule has 134 valence electrons. The molecule has 0 bridgehead atoms. The van der Waals surface area contributed by atoms with Crippen molar-refractivity contribution in [2.75, 3.05) is 31.8 Å². The Bertz CT molecular complexity index is 713. The van der Waals surface area contributed by atoms with Crippen molar-refractivity contribution in [3.05, 3.63) is 53.1 Å². The maximum absolute atomic E-state index is 5.98. The third-order valence-electron chi connectivity index (χ3n) is 3.35. The van der Waals surface area contributed by atoms with Crippen molar-refractivity contribution < 1.29 is 9.47 Å². The molecule has 2 aromatic carbocycles. The van der Waals surface area contributed by atoms with Gasteiger partial charge in [0, 0.05) is 29.1 Å². The highest BCUT2D eigenvalue weighted by atomic mass is 35.5. The molecule has 0 heterocycles. The number of anilines is 1. The molecule has 0 saturated carbocycles. The Balaban J connectivity index is 1.72. The average Bonchev–Trinajstić information content (AvgIpc) is 2.61. The van der Waals surface area contributed by atoms with E-state index in [1.54, 1.807) is 14.2 Å². The summed E-state index contributed by atoms with van der Waals surface area (Å²) in [6, 6.07) is 13.5. The first-order valence-electron chi connectivity index (χ1n) is 7.71. The minimum Gasteiger partial charge on any atom is -0.497 e. The zero-order chi connectivity index (χ0) is 18.1. The Labute approximate surface area is 163 Å². The predicted octanol–water partition coefficient (Wildman–Crippen LogP) is 4.58. The molecule has 0 atom stereocenters. The van der Waals surface area contributed by atoms with Crippen molar-refractivity contribution >= 4 is 46.4 Å². The molecule has 0 aliphatic carbocycles. The van der Waals surface area contributed by atoms with Crippen LogP contribution >= 0.6 is 35.6 Å². The Hall–Kier alpha value is -1.63. The van der Waals surface area contributed by atoms with Crippen LogP contribution in [-0.4, -0.2) is 31.6 Å². The maximum atomic E-state index is 5.98. The number of ether oxygens (including phenoxy) is 2. The number of rotatable bonds is 8. The Kier molecular flexibility index (Phi) is 8.18. The van der Waals surface area contributed by atoms with Crippen LogP contribution in [-0.2, 0) is 5.75 Å². The van der Waals surface area contributed by atoms with Crippen molar-refractivity contribution in [1.29, 1.82) is 0 Å². The molecule has 0 radical (unpaired) electrons. The van der Waals surface area contributed by atoms with Gasteiger partial charge in [0.15, 0.2) is 5.11 Å². The van der Waals surface area contributed by atoms with E-state index < -0.39 is 0 Å². The molecule has 0 aliphatic heterocycles. The molecule has 25 heavy (non-hydrogen) atoms. The number of nitrogens with one attached hydrogen (secondary N) is 2. The van der Waals surface area contributed by atoms with E-state index in [-0.39, 0.29) is 0 Å². The first-order chi connectivity index (χ1) is 12.1. The van der Waals surface area contributed by atoms with E-state index >= 15 is 0 Å². The minimum atomic E-state index is 0.562. The zero-order valence-corrected chi connectivity index (χ0v) is 16.6. The van der Waals surface area contributed by atoms with Crippen molar-refractivity contribution in [2.45, 2.75) is 5.75 Å². The fraction of sp³-hybridized carbons (Fsp3) is 0.278. The Morgan fingerprint density at radius 3 is 2.72 bits per heavy atom. The minimum absolute atomic E-state index is 0.562. The first kappa shape index (κ1) is 19.7. The van der Waals surface area contributed by atoms with Gasteiger partial charge >= 0.3 is 0 Å². The fourth-order valence-electron chi connectivity index (χ4n) is 2.12. The van der Waals surface area contributed by atoms with Gasteiger partial charge in [-0.2, -0.15) is 11.8 Å². The summed E-state index contributed by atoms with van der Waals surface area (Å²) < 4.78 is 10.5. The fourth-order valence-corrected chi connectivity index (χ4v) is 3.35. The zero-order valence-electron chi connectivity index (χ0n) is 14.2. The molecule has 4 nitrogen and oxygen atoms in total. The number of benzene rings is 2. The molecular weight excluding hydrogens is 376 g/mol. The van der Waals surface area contributed by atoms with Crippen LogP contribution in [0.3, 0.4) is 0 Å². The molecular formula is C18H21ClN2O2S2. The number of hydrogen-bond acceptors (Lipinski definition) is 4. The largest absolute Gasteiger partial charge is 0.497 e. The van der Waals surface area contributed by atoms with E-state index in [4.69, 9.17) is 33.3 Å². The van der Waals surface area contributed by atoms with Gasteiger partial charge in [0.05, 0.1) is 19.9 Å². The van der Waals surface area contributed by atoms with E-state index in [2.05, 4.69) is 16.7 Å². The molecule has 7 heteroatoms. The summed E-state index contributed by atoms with van der Waals surface area (Å²) in [5.41, 5.74) is 2.02. The van der Waals surface area contributed by atoms with Crippen molar-refractivity contribution in [1.82, 2.24) is 5.32 Å². The van der Waals surface area contributed by atoms with Gasteiger partial charge in [-0.05, 0) is 42.0 Å². The van der Waals surface area contributed by atoms with Crippen LogP contribution in [0.5, 0.6) is 11.5 Å². The van der Waals surface area contributed by atoms with Crippen LogP contribution < -0.4 is 20.1 Å². The van der Waals surface area contributed by atoms with Crippen LogP contribution in [0.25, 0.3) is 0 Å². The molecule has 2 N–H and O–H groups in total. The lowest BCUT2D eigenvalue weighted by Gasteiger charge is -2.14. The lowest BCUT2D eigenvalue weighted by atomic mass is 10.2. The van der Waals surface area contributed by atoms with Crippen LogP contribution in [0.4, 0.5) is 5.69 Å². The van der Waals surface area contributed by atoms with Crippen LogP contribution in [0.15, 0.2) is 42.5 Å². The second-order valence-corrected chi connectivity index (χ2v) is 7.08. The standard InChI is InChI=1S/C18H21ClN2O2S2/c1-22-15-6-7-16(17(11-15)23-2)21-18(24)20-8-9-25-12-13-4-3-5-14(19)10-13/h3-7,10-11H,8-9,12H2,1-2H3,(H2,20,21,24). The van der Waals surface area contributed by atoms with Crippen molar-refractivity contribution in [2.24, 2.45) is 0 Å². The number of thiocarbonyl (C=S) groups is 1. The molecule has 0 saturated heterocycles. The van der Waals surface area contributed by atoms with E-state index in [1.807, 2.05) is 48.2 Å². The highest BCUT2D eigenvalue weighted by molar-refractivity contribution is 7.98. The molecule has 0 aromatic heterocycles. The van der Waals surface area contributed by atoms with Gasteiger partial charge in [-0.25, -0.2) is 0 Å². The van der Waals surface area contributed by atoms with E-state index in [9.17, 15) is 0 Å². The summed E-state index contributed by atoms with van der Waals surface area (Å²) in [6.07, 6.45) is 0. The highest BCUT2D eigenvalue weighted by Crippen LogP contribution is 2.28. The first-order valence-corrected chi connectivity index (χ1v) is 9.65. The summed E-state index contributed by atoms with van der Waals surface area (Å²) in [4.78, 5) is 0. The third kappa shape index (κ3) is 6.65. The van der Waals surface area contributed by atoms with Gasteiger partial charge < -0.3 is 20.1 Å². The van der Waals surface area contributed by atoms with Gasteiger partial charge in [-0.3, -0.25) is 0 Å². The van der Waals surface area contributed by atoms with E-state index in [0.29, 0.717) is 10.9 Å². The SMILES string of the molecule is COc1ccc(NC(=S)NCCSCc2cccc(Cl)c2)c(OC)c1. The molecule has 0 spiro atoms. The molecule has 0 unspecified atom stereocenters. The lowest BCUT2D eigenvalue weighted by Crippen LogP contribution is -2.30. The van der Waals surface area contributed by atoms with E-state index in [1.165, 1.54) is 5.56 Å². The van der Waals surface area contributed by atoms with Crippen LogP contribution in [0, 0.1) is 0 Å². The number of hydrogen-bond donors (Lipinski definition) is 2. The summed E-state index contributed by atoms with van der Waals surface area (Å²) >= 11 is 13.1.